The molecule has 0 unspecified atom stereocenters. The van der Waals surface area contributed by atoms with E-state index < -0.39 is 0 Å². The smallest absolute Gasteiger partial charge is 0.222 e. The molecular weight excluding hydrogens is 404 g/mol. The Morgan fingerprint density at radius 3 is 2.75 bits per heavy atom. The molecule has 1 N–H and O–H groups in total. The first-order chi connectivity index (χ1) is 15.5. The van der Waals surface area contributed by atoms with Crippen LogP contribution in [0.3, 0.4) is 0 Å². The number of hydrogen-bond donors (Lipinski definition) is 1. The summed E-state index contributed by atoms with van der Waals surface area (Å²) in [5.41, 5.74) is 5.32. The summed E-state index contributed by atoms with van der Waals surface area (Å²) in [5, 5.41) is 12.7. The summed E-state index contributed by atoms with van der Waals surface area (Å²) < 4.78 is 9.66. The van der Waals surface area contributed by atoms with Crippen LogP contribution in [0.4, 0.5) is 5.69 Å². The zero-order valence-electron chi connectivity index (χ0n) is 19.3. The maximum Gasteiger partial charge on any atom is 0.222 e. The van der Waals surface area contributed by atoms with Gasteiger partial charge in [-0.05, 0) is 44.9 Å². The second-order valence-electron chi connectivity index (χ2n) is 7.93. The van der Waals surface area contributed by atoms with Crippen molar-refractivity contribution in [3.8, 4) is 17.1 Å². The first-order valence-electron chi connectivity index (χ1n) is 11.1. The van der Waals surface area contributed by atoms with Gasteiger partial charge in [-0.3, -0.25) is 9.36 Å². The average Bonchev–Trinajstić information content (AvgIpc) is 3.38. The van der Waals surface area contributed by atoms with Crippen LogP contribution in [0, 0.1) is 6.92 Å². The van der Waals surface area contributed by atoms with Gasteiger partial charge in [-0.2, -0.15) is 10.2 Å². The molecule has 32 heavy (non-hydrogen) atoms. The number of fused-ring (bicyclic) bond motifs is 1. The van der Waals surface area contributed by atoms with Crippen molar-refractivity contribution in [3.63, 3.8) is 0 Å². The van der Waals surface area contributed by atoms with E-state index in [1.54, 1.807) is 17.2 Å². The van der Waals surface area contributed by atoms with Crippen LogP contribution in [0.2, 0.25) is 0 Å². The van der Waals surface area contributed by atoms with E-state index in [1.807, 2.05) is 32.2 Å². The van der Waals surface area contributed by atoms with Gasteiger partial charge >= 0.3 is 0 Å². The van der Waals surface area contributed by atoms with E-state index >= 15 is 0 Å². The predicted molar refractivity (Wildman–Crippen MR) is 125 cm³/mol. The Balaban J connectivity index is 1.84. The number of anilines is 1. The van der Waals surface area contributed by atoms with E-state index in [1.165, 1.54) is 0 Å². The second kappa shape index (κ2) is 9.33. The summed E-state index contributed by atoms with van der Waals surface area (Å²) >= 11 is 0. The van der Waals surface area contributed by atoms with Gasteiger partial charge in [0.2, 0.25) is 5.88 Å². The summed E-state index contributed by atoms with van der Waals surface area (Å²) in [4.78, 5) is 13.8. The summed E-state index contributed by atoms with van der Waals surface area (Å²) in [7, 11) is 1.86. The molecule has 168 valence electrons. The van der Waals surface area contributed by atoms with E-state index in [0.29, 0.717) is 19.0 Å². The van der Waals surface area contributed by atoms with Crippen LogP contribution in [0.1, 0.15) is 51.2 Å². The van der Waals surface area contributed by atoms with Crippen LogP contribution in [-0.4, -0.2) is 41.1 Å². The number of nitrogens with zero attached hydrogens (tertiary/aromatic N) is 7. The minimum Gasteiger partial charge on any atom is -0.477 e. The van der Waals surface area contributed by atoms with E-state index in [0.717, 1.165) is 52.3 Å². The topological polar surface area (TPSA) is 95.6 Å². The fraction of sp³-hybridized carbons (Fsp3) is 0.435. The standard InChI is InChI=1S/C23H30N8O/c1-6-11-32-23-17(9-8-10-24-23)18-12-19(25-13-20-26-14-30(5)29-20)22-21(27-18)16(4)28-31(22)15(3)7-2/h8-10,12,14-15H,6-7,11,13H2,1-5H3,(H,25,27)/t15-/m1/s1. The Bertz CT molecular complexity index is 1210. The number of pyridine rings is 2. The van der Waals surface area contributed by atoms with Gasteiger partial charge in [0.1, 0.15) is 17.4 Å². The average molecular weight is 435 g/mol. The van der Waals surface area contributed by atoms with Gasteiger partial charge in [-0.15, -0.1) is 0 Å². The lowest BCUT2D eigenvalue weighted by molar-refractivity contribution is 0.306. The second-order valence-corrected chi connectivity index (χ2v) is 7.93. The maximum atomic E-state index is 5.90. The Hall–Kier alpha value is -3.49. The minimum atomic E-state index is 0.245. The number of nitrogens with one attached hydrogen (secondary N) is 1. The zero-order valence-corrected chi connectivity index (χ0v) is 19.3. The Morgan fingerprint density at radius 1 is 1.19 bits per heavy atom. The molecule has 0 aliphatic rings. The molecule has 0 radical (unpaired) electrons. The highest BCUT2D eigenvalue weighted by molar-refractivity contribution is 5.93. The largest absolute Gasteiger partial charge is 0.477 e. The van der Waals surface area contributed by atoms with E-state index in [2.05, 4.69) is 45.8 Å². The Kier molecular flexibility index (Phi) is 6.34. The molecule has 4 aromatic heterocycles. The highest BCUT2D eigenvalue weighted by Crippen LogP contribution is 2.35. The van der Waals surface area contributed by atoms with Crippen molar-refractivity contribution in [2.24, 2.45) is 7.05 Å². The van der Waals surface area contributed by atoms with Crippen LogP contribution in [0.5, 0.6) is 5.88 Å². The van der Waals surface area contributed by atoms with Gasteiger partial charge < -0.3 is 10.1 Å². The SMILES string of the molecule is CCCOc1ncccc1-c1cc(NCc2ncn(C)n2)c2c(n1)c(C)nn2[C@H](C)CC. The predicted octanol–water partition coefficient (Wildman–Crippen LogP) is 4.30. The molecule has 0 spiro atoms. The van der Waals surface area contributed by atoms with Crippen molar-refractivity contribution in [3.05, 3.63) is 42.2 Å². The molecule has 1 atom stereocenters. The lowest BCUT2D eigenvalue weighted by atomic mass is 10.1. The van der Waals surface area contributed by atoms with Crippen molar-refractivity contribution in [2.45, 2.75) is 53.1 Å². The number of ether oxygens (including phenoxy) is 1. The van der Waals surface area contributed by atoms with Gasteiger partial charge in [0.05, 0.1) is 35.8 Å². The van der Waals surface area contributed by atoms with Gasteiger partial charge in [0.15, 0.2) is 5.82 Å². The van der Waals surface area contributed by atoms with Crippen molar-refractivity contribution in [2.75, 3.05) is 11.9 Å². The third kappa shape index (κ3) is 4.28. The normalized spacial score (nSPS) is 12.3. The van der Waals surface area contributed by atoms with Crippen LogP contribution in [0.15, 0.2) is 30.7 Å². The van der Waals surface area contributed by atoms with Crippen LogP contribution in [0.25, 0.3) is 22.3 Å². The quantitative estimate of drug-likeness (QED) is 0.419. The summed E-state index contributed by atoms with van der Waals surface area (Å²) in [5.74, 6) is 1.31. The van der Waals surface area contributed by atoms with Crippen molar-refractivity contribution in [1.29, 1.82) is 0 Å². The molecular formula is C23H30N8O. The summed E-state index contributed by atoms with van der Waals surface area (Å²) in [6, 6.07) is 6.18. The maximum absolute atomic E-state index is 5.90. The molecule has 0 aliphatic heterocycles. The monoisotopic (exact) mass is 434 g/mol. The zero-order chi connectivity index (χ0) is 22.7. The number of aryl methyl sites for hydroxylation is 2. The van der Waals surface area contributed by atoms with Crippen molar-refractivity contribution < 1.29 is 4.74 Å². The molecule has 9 heteroatoms. The Morgan fingerprint density at radius 2 is 2.03 bits per heavy atom. The van der Waals surface area contributed by atoms with Gasteiger partial charge in [-0.25, -0.2) is 15.0 Å². The molecule has 0 saturated carbocycles. The van der Waals surface area contributed by atoms with Gasteiger partial charge in [0, 0.05) is 19.3 Å². The van der Waals surface area contributed by atoms with E-state index in [9.17, 15) is 0 Å². The Labute approximate surface area is 187 Å². The summed E-state index contributed by atoms with van der Waals surface area (Å²) in [6.45, 7) is 9.51. The molecule has 4 rings (SSSR count). The van der Waals surface area contributed by atoms with Crippen LogP contribution in [-0.2, 0) is 13.6 Å². The van der Waals surface area contributed by atoms with Gasteiger partial charge in [0.25, 0.3) is 0 Å². The van der Waals surface area contributed by atoms with Crippen molar-refractivity contribution >= 4 is 16.7 Å². The molecule has 4 aromatic rings. The molecule has 0 saturated heterocycles. The first-order valence-corrected chi connectivity index (χ1v) is 11.1. The van der Waals surface area contributed by atoms with E-state index in [-0.39, 0.29) is 6.04 Å². The third-order valence-electron chi connectivity index (χ3n) is 5.40. The molecule has 0 bridgehead atoms. The number of aromatic nitrogens is 7. The molecule has 0 aliphatic carbocycles. The minimum absolute atomic E-state index is 0.245. The number of rotatable bonds is 9. The molecule has 0 aromatic carbocycles. The molecule has 0 amide bonds. The fourth-order valence-corrected chi connectivity index (χ4v) is 3.58. The van der Waals surface area contributed by atoms with Crippen molar-refractivity contribution in [1.82, 2.24) is 34.5 Å². The summed E-state index contributed by atoms with van der Waals surface area (Å²) in [6.07, 6.45) is 5.32. The van der Waals surface area contributed by atoms with Crippen LogP contribution < -0.4 is 10.1 Å². The van der Waals surface area contributed by atoms with Crippen LogP contribution >= 0.6 is 0 Å². The van der Waals surface area contributed by atoms with E-state index in [4.69, 9.17) is 14.8 Å². The van der Waals surface area contributed by atoms with Gasteiger partial charge in [-0.1, -0.05) is 13.8 Å². The highest BCUT2D eigenvalue weighted by atomic mass is 16.5. The third-order valence-corrected chi connectivity index (χ3v) is 5.40. The fourth-order valence-electron chi connectivity index (χ4n) is 3.58. The lowest BCUT2D eigenvalue weighted by Gasteiger charge is -2.16. The lowest BCUT2D eigenvalue weighted by Crippen LogP contribution is -2.09. The number of hydrogen-bond acceptors (Lipinski definition) is 7. The molecule has 4 heterocycles. The highest BCUT2D eigenvalue weighted by Gasteiger charge is 2.20. The first kappa shape index (κ1) is 21.7. The molecule has 9 nitrogen and oxygen atoms in total. The molecule has 0 fully saturated rings.